The van der Waals surface area contributed by atoms with Crippen molar-refractivity contribution in [3.8, 4) is 22.5 Å². The molecule has 0 saturated carbocycles. The van der Waals surface area contributed by atoms with Crippen LogP contribution in [0.4, 0.5) is 18.9 Å². The number of pyridine rings is 1. The largest absolute Gasteiger partial charge is 0.478 e. The molecule has 1 amide bonds. The summed E-state index contributed by atoms with van der Waals surface area (Å²) in [5.41, 5.74) is 2.74. The van der Waals surface area contributed by atoms with Crippen LogP contribution in [0.2, 0.25) is 0 Å². The van der Waals surface area contributed by atoms with Crippen LogP contribution in [-0.2, 0) is 11.0 Å². The zero-order valence-corrected chi connectivity index (χ0v) is 20.8. The summed E-state index contributed by atoms with van der Waals surface area (Å²) in [6, 6.07) is 17.7. The average Bonchev–Trinajstić information content (AvgIpc) is 3.36. The van der Waals surface area contributed by atoms with Crippen LogP contribution in [0.5, 0.6) is 0 Å². The van der Waals surface area contributed by atoms with Gasteiger partial charge in [0.15, 0.2) is 11.3 Å². The van der Waals surface area contributed by atoms with Gasteiger partial charge in [-0.1, -0.05) is 24.3 Å². The van der Waals surface area contributed by atoms with Crippen LogP contribution in [0.3, 0.4) is 0 Å². The van der Waals surface area contributed by atoms with E-state index < -0.39 is 17.8 Å². The summed E-state index contributed by atoms with van der Waals surface area (Å²) in [4.78, 5) is 31.8. The standard InChI is InChI=1S/C29H20F3N5O3/c1-17-7-9-19(15-23(17)35-28(40)20-5-2-4-18(14-20)8-12-26(38)39)24-16-37-25(34-24)11-10-22(36-37)21-6-3-13-33-27(21)29(30,31)32/h2-16H,1H3,(H,35,40)(H,38,39). The highest BCUT2D eigenvalue weighted by molar-refractivity contribution is 6.05. The van der Waals surface area contributed by atoms with Gasteiger partial charge in [0, 0.05) is 34.7 Å². The number of fused-ring (bicyclic) bond motifs is 1. The molecule has 2 N–H and O–H groups in total. The molecule has 11 heteroatoms. The third-order valence-corrected chi connectivity index (χ3v) is 6.02. The second-order valence-corrected chi connectivity index (χ2v) is 8.83. The van der Waals surface area contributed by atoms with E-state index in [4.69, 9.17) is 5.11 Å². The minimum atomic E-state index is -4.63. The fourth-order valence-electron chi connectivity index (χ4n) is 4.06. The van der Waals surface area contributed by atoms with Crippen LogP contribution in [0, 0.1) is 6.92 Å². The van der Waals surface area contributed by atoms with E-state index in [9.17, 15) is 22.8 Å². The van der Waals surface area contributed by atoms with Crippen molar-refractivity contribution in [2.24, 2.45) is 0 Å². The number of anilines is 1. The number of carboxylic acids is 1. The quantitative estimate of drug-likeness (QED) is 0.249. The second-order valence-electron chi connectivity index (χ2n) is 8.83. The molecule has 2 aromatic carbocycles. The van der Waals surface area contributed by atoms with Crippen LogP contribution in [0.25, 0.3) is 34.2 Å². The molecule has 0 saturated heterocycles. The lowest BCUT2D eigenvalue weighted by Crippen LogP contribution is -2.13. The van der Waals surface area contributed by atoms with Crippen LogP contribution < -0.4 is 5.32 Å². The van der Waals surface area contributed by atoms with Gasteiger partial charge >= 0.3 is 12.1 Å². The van der Waals surface area contributed by atoms with Gasteiger partial charge in [-0.25, -0.2) is 14.3 Å². The van der Waals surface area contributed by atoms with Gasteiger partial charge in [-0.3, -0.25) is 9.78 Å². The summed E-state index contributed by atoms with van der Waals surface area (Å²) in [7, 11) is 0. The number of alkyl halides is 3. The summed E-state index contributed by atoms with van der Waals surface area (Å²) < 4.78 is 41.8. The van der Waals surface area contributed by atoms with Crippen molar-refractivity contribution in [2.75, 3.05) is 5.32 Å². The van der Waals surface area contributed by atoms with Crippen molar-refractivity contribution in [2.45, 2.75) is 13.1 Å². The number of nitrogens with one attached hydrogen (secondary N) is 1. The number of aliphatic carboxylic acids is 1. The van der Waals surface area contributed by atoms with E-state index in [0.717, 1.165) is 17.8 Å². The number of carbonyl (C=O) groups is 2. The van der Waals surface area contributed by atoms with E-state index in [0.29, 0.717) is 33.7 Å². The number of amides is 1. The normalized spacial score (nSPS) is 11.7. The molecule has 3 heterocycles. The number of aromatic nitrogens is 4. The van der Waals surface area contributed by atoms with E-state index in [1.807, 2.05) is 19.1 Å². The smallest absolute Gasteiger partial charge is 0.434 e. The zero-order valence-electron chi connectivity index (χ0n) is 20.8. The SMILES string of the molecule is Cc1ccc(-c2cn3nc(-c4cccnc4C(F)(F)F)ccc3n2)cc1NC(=O)c1cccc(C=CC(=O)O)c1. The Labute approximate surface area is 225 Å². The molecule has 200 valence electrons. The summed E-state index contributed by atoms with van der Waals surface area (Å²) in [6.07, 6.45) is 0.431. The molecule has 5 aromatic rings. The highest BCUT2D eigenvalue weighted by atomic mass is 19.4. The Morgan fingerprint density at radius 1 is 1.00 bits per heavy atom. The Hall–Kier alpha value is -5.32. The van der Waals surface area contributed by atoms with Crippen molar-refractivity contribution >= 4 is 29.3 Å². The number of aryl methyl sites for hydroxylation is 1. The number of carbonyl (C=O) groups excluding carboxylic acids is 1. The van der Waals surface area contributed by atoms with Crippen LogP contribution in [-0.4, -0.2) is 36.6 Å². The van der Waals surface area contributed by atoms with Crippen LogP contribution >= 0.6 is 0 Å². The molecule has 0 fully saturated rings. The summed E-state index contributed by atoms with van der Waals surface area (Å²) in [5, 5.41) is 16.0. The van der Waals surface area contributed by atoms with Gasteiger partial charge in [-0.15, -0.1) is 0 Å². The minimum Gasteiger partial charge on any atom is -0.478 e. The van der Waals surface area contributed by atoms with Gasteiger partial charge < -0.3 is 10.4 Å². The van der Waals surface area contributed by atoms with Gasteiger partial charge in [-0.05, 0) is 66.6 Å². The zero-order chi connectivity index (χ0) is 28.4. The highest BCUT2D eigenvalue weighted by Gasteiger charge is 2.35. The lowest BCUT2D eigenvalue weighted by atomic mass is 10.1. The molecule has 0 spiro atoms. The Morgan fingerprint density at radius 3 is 2.60 bits per heavy atom. The Balaban J connectivity index is 1.43. The second kappa shape index (κ2) is 10.4. The number of carboxylic acid groups (broad SMARTS) is 1. The maximum atomic E-state index is 13.5. The Kier molecular flexibility index (Phi) is 6.87. The van der Waals surface area contributed by atoms with E-state index in [2.05, 4.69) is 20.4 Å². The Bertz CT molecular complexity index is 1790. The topological polar surface area (TPSA) is 109 Å². The lowest BCUT2D eigenvalue weighted by Gasteiger charge is -2.10. The first-order valence-electron chi connectivity index (χ1n) is 11.9. The summed E-state index contributed by atoms with van der Waals surface area (Å²) in [6.45, 7) is 1.83. The fraction of sp³-hybridized carbons (Fsp3) is 0.0690. The van der Waals surface area contributed by atoms with E-state index in [1.54, 1.807) is 42.6 Å². The van der Waals surface area contributed by atoms with Gasteiger partial charge in [0.1, 0.15) is 0 Å². The average molecular weight is 544 g/mol. The van der Waals surface area contributed by atoms with E-state index in [1.165, 1.54) is 28.8 Å². The van der Waals surface area contributed by atoms with Crippen molar-refractivity contribution in [1.82, 2.24) is 19.6 Å². The predicted octanol–water partition coefficient (Wildman–Crippen LogP) is 6.14. The van der Waals surface area contributed by atoms with Gasteiger partial charge in [0.25, 0.3) is 5.91 Å². The predicted molar refractivity (Wildman–Crippen MR) is 142 cm³/mol. The molecule has 0 radical (unpaired) electrons. The van der Waals surface area contributed by atoms with Crippen molar-refractivity contribution < 1.29 is 27.9 Å². The van der Waals surface area contributed by atoms with E-state index in [-0.39, 0.29) is 17.2 Å². The monoisotopic (exact) mass is 543 g/mol. The Morgan fingerprint density at radius 2 is 1.82 bits per heavy atom. The molecule has 0 aliphatic carbocycles. The van der Waals surface area contributed by atoms with Gasteiger partial charge in [-0.2, -0.15) is 18.3 Å². The van der Waals surface area contributed by atoms with Crippen molar-refractivity contribution in [3.05, 3.63) is 108 Å². The maximum Gasteiger partial charge on any atom is 0.434 e. The molecule has 0 bridgehead atoms. The van der Waals surface area contributed by atoms with Crippen molar-refractivity contribution in [3.63, 3.8) is 0 Å². The maximum absolute atomic E-state index is 13.5. The highest BCUT2D eigenvalue weighted by Crippen LogP contribution is 2.35. The number of halogens is 3. The molecule has 3 aromatic heterocycles. The first kappa shape index (κ1) is 26.3. The van der Waals surface area contributed by atoms with E-state index >= 15 is 0 Å². The molecule has 5 rings (SSSR count). The fourth-order valence-corrected chi connectivity index (χ4v) is 4.06. The molecular weight excluding hydrogens is 523 g/mol. The molecule has 0 atom stereocenters. The minimum absolute atomic E-state index is 0.0918. The number of nitrogens with zero attached hydrogens (tertiary/aromatic N) is 4. The number of benzene rings is 2. The third-order valence-electron chi connectivity index (χ3n) is 6.02. The molecule has 8 nitrogen and oxygen atoms in total. The summed E-state index contributed by atoms with van der Waals surface area (Å²) in [5.74, 6) is -1.48. The third kappa shape index (κ3) is 5.58. The molecule has 0 aliphatic heterocycles. The van der Waals surface area contributed by atoms with Gasteiger partial charge in [0.05, 0.1) is 17.6 Å². The first-order chi connectivity index (χ1) is 19.1. The van der Waals surface area contributed by atoms with Crippen LogP contribution in [0.15, 0.2) is 85.2 Å². The molecule has 0 aliphatic rings. The first-order valence-corrected chi connectivity index (χ1v) is 11.9. The number of hydrogen-bond donors (Lipinski definition) is 2. The van der Waals surface area contributed by atoms with Crippen molar-refractivity contribution in [1.29, 1.82) is 0 Å². The molecular formula is C29H20F3N5O3. The number of imidazole rings is 1. The summed E-state index contributed by atoms with van der Waals surface area (Å²) >= 11 is 0. The lowest BCUT2D eigenvalue weighted by molar-refractivity contribution is -0.140. The number of hydrogen-bond acceptors (Lipinski definition) is 5. The number of rotatable bonds is 6. The van der Waals surface area contributed by atoms with Crippen LogP contribution in [0.1, 0.15) is 27.2 Å². The molecule has 40 heavy (non-hydrogen) atoms. The van der Waals surface area contributed by atoms with Gasteiger partial charge in [0.2, 0.25) is 0 Å². The molecule has 0 unspecified atom stereocenters.